The Morgan fingerprint density at radius 2 is 2.36 bits per heavy atom. The van der Waals surface area contributed by atoms with Gasteiger partial charge in [-0.15, -0.1) is 0 Å². The Kier molecular flexibility index (Phi) is 3.87. The molecule has 1 heterocycles. The normalized spacial score (nSPS) is 25.9. The van der Waals surface area contributed by atoms with Crippen LogP contribution in [0.2, 0.25) is 0 Å². The standard InChI is InChI=1S/C9H19NO/c1-8(2)10-6-9-4-3-5-11-7-9/h8-10H,3-7H2,1-2H3/t9-/m0/s1. The van der Waals surface area contributed by atoms with E-state index in [9.17, 15) is 0 Å². The fourth-order valence-corrected chi connectivity index (χ4v) is 1.37. The summed E-state index contributed by atoms with van der Waals surface area (Å²) in [7, 11) is 0. The summed E-state index contributed by atoms with van der Waals surface area (Å²) in [5, 5.41) is 3.44. The average Bonchev–Trinajstić information content (AvgIpc) is 2.03. The van der Waals surface area contributed by atoms with Crippen LogP contribution in [0.4, 0.5) is 0 Å². The minimum atomic E-state index is 0.608. The molecule has 11 heavy (non-hydrogen) atoms. The SMILES string of the molecule is CC(C)NC[C@@H]1CCCOC1. The van der Waals surface area contributed by atoms with Gasteiger partial charge in [0.2, 0.25) is 0 Å². The van der Waals surface area contributed by atoms with Crippen molar-refractivity contribution < 1.29 is 4.74 Å². The molecule has 0 aromatic rings. The summed E-state index contributed by atoms with van der Waals surface area (Å²) in [5.74, 6) is 0.756. The molecule has 66 valence electrons. The maximum absolute atomic E-state index is 5.37. The third-order valence-corrected chi connectivity index (χ3v) is 2.07. The van der Waals surface area contributed by atoms with Crippen LogP contribution in [0.5, 0.6) is 0 Å². The van der Waals surface area contributed by atoms with Gasteiger partial charge in [-0.3, -0.25) is 0 Å². The van der Waals surface area contributed by atoms with Crippen molar-refractivity contribution in [2.45, 2.75) is 32.7 Å². The lowest BCUT2D eigenvalue weighted by atomic mass is 10.0. The highest BCUT2D eigenvalue weighted by atomic mass is 16.5. The number of hydrogen-bond acceptors (Lipinski definition) is 2. The fourth-order valence-electron chi connectivity index (χ4n) is 1.37. The molecule has 1 rings (SSSR count). The van der Waals surface area contributed by atoms with E-state index in [1.54, 1.807) is 0 Å². The van der Waals surface area contributed by atoms with E-state index in [0.29, 0.717) is 6.04 Å². The van der Waals surface area contributed by atoms with Crippen molar-refractivity contribution in [3.05, 3.63) is 0 Å². The van der Waals surface area contributed by atoms with E-state index in [1.807, 2.05) is 0 Å². The highest BCUT2D eigenvalue weighted by Gasteiger charge is 2.13. The Balaban J connectivity index is 2.05. The van der Waals surface area contributed by atoms with Crippen LogP contribution in [0.3, 0.4) is 0 Å². The van der Waals surface area contributed by atoms with E-state index in [-0.39, 0.29) is 0 Å². The third-order valence-electron chi connectivity index (χ3n) is 2.07. The second-order valence-corrected chi connectivity index (χ2v) is 3.65. The van der Waals surface area contributed by atoms with Crippen LogP contribution in [0.15, 0.2) is 0 Å². The van der Waals surface area contributed by atoms with Crippen LogP contribution in [0.1, 0.15) is 26.7 Å². The van der Waals surface area contributed by atoms with Crippen LogP contribution in [-0.2, 0) is 4.74 Å². The molecule has 0 unspecified atom stereocenters. The number of ether oxygens (including phenoxy) is 1. The van der Waals surface area contributed by atoms with Crippen molar-refractivity contribution in [2.24, 2.45) is 5.92 Å². The molecule has 1 fully saturated rings. The minimum absolute atomic E-state index is 0.608. The molecule has 0 aromatic carbocycles. The molecule has 0 spiro atoms. The van der Waals surface area contributed by atoms with Crippen LogP contribution >= 0.6 is 0 Å². The molecule has 0 bridgehead atoms. The van der Waals surface area contributed by atoms with Crippen molar-refractivity contribution >= 4 is 0 Å². The summed E-state index contributed by atoms with van der Waals surface area (Å²) in [4.78, 5) is 0. The summed E-state index contributed by atoms with van der Waals surface area (Å²) < 4.78 is 5.37. The number of hydrogen-bond donors (Lipinski definition) is 1. The second-order valence-electron chi connectivity index (χ2n) is 3.65. The predicted octanol–water partition coefficient (Wildman–Crippen LogP) is 1.41. The topological polar surface area (TPSA) is 21.3 Å². The first-order valence-corrected chi connectivity index (χ1v) is 4.60. The zero-order valence-electron chi connectivity index (χ0n) is 7.60. The van der Waals surface area contributed by atoms with Crippen molar-refractivity contribution in [1.82, 2.24) is 5.32 Å². The predicted molar refractivity (Wildman–Crippen MR) is 46.7 cm³/mol. The molecule has 1 N–H and O–H groups in total. The van der Waals surface area contributed by atoms with Gasteiger partial charge in [0.05, 0.1) is 6.61 Å². The molecule has 1 atom stereocenters. The van der Waals surface area contributed by atoms with Gasteiger partial charge in [-0.05, 0) is 18.8 Å². The van der Waals surface area contributed by atoms with Crippen LogP contribution in [0.25, 0.3) is 0 Å². The third kappa shape index (κ3) is 3.73. The van der Waals surface area contributed by atoms with Crippen LogP contribution < -0.4 is 5.32 Å². The highest BCUT2D eigenvalue weighted by Crippen LogP contribution is 2.12. The van der Waals surface area contributed by atoms with Crippen LogP contribution in [0, 0.1) is 5.92 Å². The van der Waals surface area contributed by atoms with Gasteiger partial charge >= 0.3 is 0 Å². The Morgan fingerprint density at radius 3 is 2.91 bits per heavy atom. The Bertz CT molecular complexity index is 97.7. The number of nitrogens with one attached hydrogen (secondary N) is 1. The molecule has 2 heteroatoms. The first-order chi connectivity index (χ1) is 5.29. The van der Waals surface area contributed by atoms with E-state index in [4.69, 9.17) is 4.74 Å². The second kappa shape index (κ2) is 4.73. The van der Waals surface area contributed by atoms with E-state index < -0.39 is 0 Å². The Labute approximate surface area is 69.3 Å². The fraction of sp³-hybridized carbons (Fsp3) is 1.00. The quantitative estimate of drug-likeness (QED) is 0.669. The van der Waals surface area contributed by atoms with Gasteiger partial charge in [-0.2, -0.15) is 0 Å². The van der Waals surface area contributed by atoms with Gasteiger partial charge in [-0.25, -0.2) is 0 Å². The van der Waals surface area contributed by atoms with Crippen molar-refractivity contribution in [1.29, 1.82) is 0 Å². The van der Waals surface area contributed by atoms with E-state index in [0.717, 1.165) is 25.7 Å². The zero-order valence-corrected chi connectivity index (χ0v) is 7.60. The van der Waals surface area contributed by atoms with Gasteiger partial charge in [-0.1, -0.05) is 13.8 Å². The molecule has 0 aliphatic carbocycles. The molecule has 1 aliphatic heterocycles. The maximum Gasteiger partial charge on any atom is 0.0506 e. The summed E-state index contributed by atoms with van der Waals surface area (Å²) in [5.41, 5.74) is 0. The summed E-state index contributed by atoms with van der Waals surface area (Å²) in [6.07, 6.45) is 2.57. The lowest BCUT2D eigenvalue weighted by Gasteiger charge is -2.23. The monoisotopic (exact) mass is 157 g/mol. The molecule has 0 radical (unpaired) electrons. The van der Waals surface area contributed by atoms with Gasteiger partial charge in [0, 0.05) is 19.2 Å². The molecular formula is C9H19NO. The molecule has 0 amide bonds. The molecule has 1 saturated heterocycles. The van der Waals surface area contributed by atoms with Gasteiger partial charge in [0.25, 0.3) is 0 Å². The summed E-state index contributed by atoms with van der Waals surface area (Å²) in [6, 6.07) is 0.608. The first-order valence-electron chi connectivity index (χ1n) is 4.60. The molecule has 0 saturated carbocycles. The number of rotatable bonds is 3. The van der Waals surface area contributed by atoms with Gasteiger partial charge in [0.1, 0.15) is 0 Å². The molecular weight excluding hydrogens is 138 g/mol. The van der Waals surface area contributed by atoms with E-state index in [2.05, 4.69) is 19.2 Å². The largest absolute Gasteiger partial charge is 0.381 e. The highest BCUT2D eigenvalue weighted by molar-refractivity contribution is 4.66. The van der Waals surface area contributed by atoms with Crippen molar-refractivity contribution in [3.63, 3.8) is 0 Å². The Morgan fingerprint density at radius 1 is 1.55 bits per heavy atom. The first kappa shape index (κ1) is 9.01. The molecule has 1 aliphatic rings. The lowest BCUT2D eigenvalue weighted by Crippen LogP contribution is -2.33. The van der Waals surface area contributed by atoms with Gasteiger partial charge < -0.3 is 10.1 Å². The lowest BCUT2D eigenvalue weighted by molar-refractivity contribution is 0.0542. The van der Waals surface area contributed by atoms with Gasteiger partial charge in [0.15, 0.2) is 0 Å². The zero-order chi connectivity index (χ0) is 8.10. The van der Waals surface area contributed by atoms with Crippen LogP contribution in [-0.4, -0.2) is 25.8 Å². The maximum atomic E-state index is 5.37. The summed E-state index contributed by atoms with van der Waals surface area (Å²) in [6.45, 7) is 7.42. The van der Waals surface area contributed by atoms with E-state index >= 15 is 0 Å². The minimum Gasteiger partial charge on any atom is -0.381 e. The smallest absolute Gasteiger partial charge is 0.0506 e. The van der Waals surface area contributed by atoms with Crippen molar-refractivity contribution in [3.8, 4) is 0 Å². The summed E-state index contributed by atoms with van der Waals surface area (Å²) >= 11 is 0. The molecule has 2 nitrogen and oxygen atoms in total. The van der Waals surface area contributed by atoms with Crippen molar-refractivity contribution in [2.75, 3.05) is 19.8 Å². The molecule has 0 aromatic heterocycles. The van der Waals surface area contributed by atoms with E-state index in [1.165, 1.54) is 12.8 Å². The Hall–Kier alpha value is -0.0800. The average molecular weight is 157 g/mol.